The minimum absolute atomic E-state index is 0.00529. The molecule has 24 heavy (non-hydrogen) atoms. The molecule has 0 unspecified atom stereocenters. The first-order valence-electron chi connectivity index (χ1n) is 9.08. The van der Waals surface area contributed by atoms with Crippen molar-refractivity contribution < 1.29 is 18.4 Å². The molecule has 2 atom stereocenters. The second-order valence-electron chi connectivity index (χ2n) is 7.59. The molecule has 1 saturated carbocycles. The predicted octanol–water partition coefficient (Wildman–Crippen LogP) is 1.67. The number of rotatable bonds is 5. The van der Waals surface area contributed by atoms with Crippen LogP contribution in [0.15, 0.2) is 0 Å². The van der Waals surface area contributed by atoms with Gasteiger partial charge < -0.3 is 10.6 Å². The Morgan fingerprint density at radius 1 is 1.29 bits per heavy atom. The van der Waals surface area contributed by atoms with E-state index in [-0.39, 0.29) is 30.3 Å². The number of carbonyl (C=O) groups is 2. The molecule has 0 aromatic rings. The molecule has 3 aliphatic rings. The fourth-order valence-electron chi connectivity index (χ4n) is 4.55. The summed E-state index contributed by atoms with van der Waals surface area (Å²) in [5, 5.41) is 6.16. The highest BCUT2D eigenvalue weighted by atomic mass is 19.3. The number of nitrogens with zero attached hydrogens (tertiary/aromatic N) is 1. The van der Waals surface area contributed by atoms with Crippen molar-refractivity contribution in [3.05, 3.63) is 0 Å². The minimum atomic E-state index is -2.29. The van der Waals surface area contributed by atoms with Crippen molar-refractivity contribution in [3.63, 3.8) is 0 Å². The number of amides is 2. The van der Waals surface area contributed by atoms with Crippen LogP contribution < -0.4 is 10.6 Å². The standard InChI is InChI=1S/C17H27F2N3O2/c18-14(19)11-22-7-4-12(5-8-22)9-15(23)21-17-6-2-1-3-13(17)20-16(24)10-17/h12-14H,1-11H2,(H,20,24)(H,21,23)/t13-,17+/m0/s1. The van der Waals surface area contributed by atoms with E-state index in [4.69, 9.17) is 0 Å². The average molecular weight is 343 g/mol. The molecule has 0 radical (unpaired) electrons. The second kappa shape index (κ2) is 7.33. The topological polar surface area (TPSA) is 61.4 Å². The highest BCUT2D eigenvalue weighted by Gasteiger charge is 2.48. The molecule has 0 aromatic heterocycles. The molecule has 0 spiro atoms. The third-order valence-corrected chi connectivity index (χ3v) is 5.81. The Balaban J connectivity index is 1.48. The van der Waals surface area contributed by atoms with Gasteiger partial charge in [-0.1, -0.05) is 12.8 Å². The Hall–Kier alpha value is -1.24. The quantitative estimate of drug-likeness (QED) is 0.798. The molecule has 2 N–H and O–H groups in total. The number of likely N-dealkylation sites (tertiary alicyclic amines) is 1. The van der Waals surface area contributed by atoms with Crippen LogP contribution in [0.2, 0.25) is 0 Å². The first kappa shape index (κ1) is 17.6. The monoisotopic (exact) mass is 343 g/mol. The summed E-state index contributed by atoms with van der Waals surface area (Å²) in [4.78, 5) is 26.1. The van der Waals surface area contributed by atoms with Gasteiger partial charge in [-0.3, -0.25) is 14.5 Å². The lowest BCUT2D eigenvalue weighted by atomic mass is 9.77. The maximum Gasteiger partial charge on any atom is 0.251 e. The van der Waals surface area contributed by atoms with E-state index in [1.165, 1.54) is 0 Å². The van der Waals surface area contributed by atoms with Crippen LogP contribution in [0.1, 0.15) is 51.4 Å². The van der Waals surface area contributed by atoms with E-state index < -0.39 is 12.0 Å². The van der Waals surface area contributed by atoms with Crippen molar-refractivity contribution >= 4 is 11.8 Å². The van der Waals surface area contributed by atoms with Gasteiger partial charge in [0, 0.05) is 6.42 Å². The Kier molecular flexibility index (Phi) is 5.37. The van der Waals surface area contributed by atoms with Crippen LogP contribution in [0.3, 0.4) is 0 Å². The zero-order valence-electron chi connectivity index (χ0n) is 14.0. The highest BCUT2D eigenvalue weighted by molar-refractivity contribution is 5.84. The summed E-state index contributed by atoms with van der Waals surface area (Å²) in [6.45, 7) is 1.10. The summed E-state index contributed by atoms with van der Waals surface area (Å²) < 4.78 is 24.8. The van der Waals surface area contributed by atoms with Gasteiger partial charge in [-0.25, -0.2) is 8.78 Å². The molecule has 2 aliphatic heterocycles. The van der Waals surface area contributed by atoms with Crippen LogP contribution in [0.4, 0.5) is 8.78 Å². The van der Waals surface area contributed by atoms with Crippen molar-refractivity contribution in [2.75, 3.05) is 19.6 Å². The number of hydrogen-bond donors (Lipinski definition) is 2. The fraction of sp³-hybridized carbons (Fsp3) is 0.882. The molecule has 1 aliphatic carbocycles. The number of piperidine rings is 1. The fourth-order valence-corrected chi connectivity index (χ4v) is 4.55. The molecular weight excluding hydrogens is 316 g/mol. The number of fused-ring (bicyclic) bond motifs is 1. The van der Waals surface area contributed by atoms with Gasteiger partial charge >= 0.3 is 0 Å². The average Bonchev–Trinajstić information content (AvgIpc) is 2.84. The Bertz CT molecular complexity index is 480. The lowest BCUT2D eigenvalue weighted by molar-refractivity contribution is -0.125. The van der Waals surface area contributed by atoms with Gasteiger partial charge in [0.15, 0.2) is 0 Å². The third-order valence-electron chi connectivity index (χ3n) is 5.81. The lowest BCUT2D eigenvalue weighted by Crippen LogP contribution is -2.57. The molecule has 5 nitrogen and oxygen atoms in total. The van der Waals surface area contributed by atoms with Gasteiger partial charge in [-0.15, -0.1) is 0 Å². The van der Waals surface area contributed by atoms with E-state index in [1.54, 1.807) is 4.90 Å². The first-order chi connectivity index (χ1) is 11.5. The van der Waals surface area contributed by atoms with Gasteiger partial charge in [0.1, 0.15) is 0 Å². The number of nitrogens with one attached hydrogen (secondary N) is 2. The van der Waals surface area contributed by atoms with E-state index in [1.807, 2.05) is 0 Å². The molecule has 0 bridgehead atoms. The first-order valence-corrected chi connectivity index (χ1v) is 9.08. The van der Waals surface area contributed by atoms with Crippen LogP contribution in [0.25, 0.3) is 0 Å². The van der Waals surface area contributed by atoms with Crippen LogP contribution in [-0.4, -0.2) is 54.4 Å². The van der Waals surface area contributed by atoms with E-state index in [0.29, 0.717) is 25.9 Å². The van der Waals surface area contributed by atoms with Gasteiger partial charge in [0.05, 0.1) is 24.5 Å². The molecule has 7 heteroatoms. The molecule has 0 aromatic carbocycles. The Labute approximate surface area is 141 Å². The van der Waals surface area contributed by atoms with Crippen molar-refractivity contribution in [2.24, 2.45) is 5.92 Å². The maximum absolute atomic E-state index is 12.5. The molecule has 136 valence electrons. The largest absolute Gasteiger partial charge is 0.351 e. The maximum atomic E-state index is 12.5. The number of carbonyl (C=O) groups excluding carboxylic acids is 2. The van der Waals surface area contributed by atoms with Crippen molar-refractivity contribution in [1.29, 1.82) is 0 Å². The van der Waals surface area contributed by atoms with Crippen molar-refractivity contribution in [1.82, 2.24) is 15.5 Å². The molecule has 3 rings (SSSR count). The summed E-state index contributed by atoms with van der Waals surface area (Å²) in [6.07, 6.45) is 4.01. The number of hydrogen-bond acceptors (Lipinski definition) is 3. The molecule has 2 heterocycles. The molecule has 3 fully saturated rings. The van der Waals surface area contributed by atoms with Gasteiger partial charge in [-0.05, 0) is 44.7 Å². The van der Waals surface area contributed by atoms with E-state index in [9.17, 15) is 18.4 Å². The highest BCUT2D eigenvalue weighted by Crippen LogP contribution is 2.35. The molecule has 2 saturated heterocycles. The van der Waals surface area contributed by atoms with Gasteiger partial charge in [0.2, 0.25) is 11.8 Å². The van der Waals surface area contributed by atoms with Crippen molar-refractivity contribution in [3.8, 4) is 0 Å². The smallest absolute Gasteiger partial charge is 0.251 e. The Morgan fingerprint density at radius 2 is 2.04 bits per heavy atom. The van der Waals surface area contributed by atoms with E-state index >= 15 is 0 Å². The second-order valence-corrected chi connectivity index (χ2v) is 7.59. The van der Waals surface area contributed by atoms with E-state index in [2.05, 4.69) is 10.6 Å². The lowest BCUT2D eigenvalue weighted by Gasteiger charge is -2.39. The summed E-state index contributed by atoms with van der Waals surface area (Å²) in [5.41, 5.74) is -0.400. The van der Waals surface area contributed by atoms with Crippen LogP contribution in [0, 0.1) is 5.92 Å². The van der Waals surface area contributed by atoms with Crippen molar-refractivity contribution in [2.45, 2.75) is 69.4 Å². The normalized spacial score (nSPS) is 31.8. The molecule has 2 amide bonds. The third kappa shape index (κ3) is 4.05. The van der Waals surface area contributed by atoms with Gasteiger partial charge in [0.25, 0.3) is 6.43 Å². The number of halogens is 2. The van der Waals surface area contributed by atoms with Crippen LogP contribution in [0.5, 0.6) is 0 Å². The zero-order valence-corrected chi connectivity index (χ0v) is 14.0. The minimum Gasteiger partial charge on any atom is -0.351 e. The SMILES string of the molecule is O=C1C[C@]2(NC(=O)CC3CCN(CC(F)F)CC3)CCCC[C@@H]2N1. The summed E-state index contributed by atoms with van der Waals surface area (Å²) >= 11 is 0. The molecular formula is C17H27F2N3O2. The number of alkyl halides is 2. The van der Waals surface area contributed by atoms with Crippen LogP contribution in [-0.2, 0) is 9.59 Å². The summed E-state index contributed by atoms with van der Waals surface area (Å²) in [7, 11) is 0. The summed E-state index contributed by atoms with van der Waals surface area (Å²) in [6, 6.07) is 0.0654. The van der Waals surface area contributed by atoms with Crippen LogP contribution >= 0.6 is 0 Å². The zero-order chi connectivity index (χ0) is 17.2. The predicted molar refractivity (Wildman–Crippen MR) is 85.7 cm³/mol. The summed E-state index contributed by atoms with van der Waals surface area (Å²) in [5.74, 6) is 0.288. The van der Waals surface area contributed by atoms with Gasteiger partial charge in [-0.2, -0.15) is 0 Å². The Morgan fingerprint density at radius 3 is 2.75 bits per heavy atom. The van der Waals surface area contributed by atoms with E-state index in [0.717, 1.165) is 38.5 Å².